The molecule has 2 aromatic rings. The molecule has 0 bridgehead atoms. The molecule has 0 unspecified atom stereocenters. The second-order valence-corrected chi connectivity index (χ2v) is 5.87. The summed E-state index contributed by atoms with van der Waals surface area (Å²) in [7, 11) is 2.03. The normalized spacial score (nSPS) is 25.4. The van der Waals surface area contributed by atoms with Crippen molar-refractivity contribution in [3.63, 3.8) is 0 Å². The first-order valence-corrected chi connectivity index (χ1v) is 7.65. The maximum atomic E-state index is 5.97. The van der Waals surface area contributed by atoms with Crippen LogP contribution >= 0.6 is 0 Å². The number of fused-ring (bicyclic) bond motifs is 1. The first kappa shape index (κ1) is 13.7. The summed E-state index contributed by atoms with van der Waals surface area (Å²) in [6.45, 7) is 4.32. The van der Waals surface area contributed by atoms with Crippen molar-refractivity contribution in [1.29, 1.82) is 0 Å². The summed E-state index contributed by atoms with van der Waals surface area (Å²) in [4.78, 5) is 17.9. The van der Waals surface area contributed by atoms with E-state index in [0.717, 1.165) is 44.6 Å². The summed E-state index contributed by atoms with van der Waals surface area (Å²) in [6.07, 6.45) is 7.65. The van der Waals surface area contributed by atoms with Crippen molar-refractivity contribution >= 4 is 5.95 Å². The van der Waals surface area contributed by atoms with Crippen LogP contribution in [-0.4, -0.2) is 62.8 Å². The van der Waals surface area contributed by atoms with E-state index in [0.29, 0.717) is 6.04 Å². The lowest BCUT2D eigenvalue weighted by Crippen LogP contribution is -2.51. The Bertz CT molecular complexity index is 630. The van der Waals surface area contributed by atoms with E-state index in [1.54, 1.807) is 12.4 Å². The van der Waals surface area contributed by atoms with Crippen LogP contribution in [0.5, 0.6) is 0 Å². The summed E-state index contributed by atoms with van der Waals surface area (Å²) in [5.41, 5.74) is 0. The minimum absolute atomic E-state index is 0.220. The van der Waals surface area contributed by atoms with Gasteiger partial charge in [-0.05, 0) is 6.07 Å². The van der Waals surface area contributed by atoms with Gasteiger partial charge < -0.3 is 14.2 Å². The number of nitrogens with zero attached hydrogens (tertiary/aromatic N) is 6. The van der Waals surface area contributed by atoms with Crippen molar-refractivity contribution in [2.75, 3.05) is 31.1 Å². The Labute approximate surface area is 129 Å². The smallest absolute Gasteiger partial charge is 0.225 e. The topological polar surface area (TPSA) is 59.3 Å². The van der Waals surface area contributed by atoms with E-state index in [4.69, 9.17) is 4.74 Å². The molecule has 0 saturated carbocycles. The van der Waals surface area contributed by atoms with Crippen molar-refractivity contribution < 1.29 is 4.74 Å². The van der Waals surface area contributed by atoms with E-state index in [1.807, 2.05) is 25.5 Å². The van der Waals surface area contributed by atoms with Gasteiger partial charge >= 0.3 is 0 Å². The van der Waals surface area contributed by atoms with Gasteiger partial charge in [0.25, 0.3) is 0 Å². The minimum atomic E-state index is 0.220. The van der Waals surface area contributed by atoms with Gasteiger partial charge in [-0.25, -0.2) is 15.0 Å². The van der Waals surface area contributed by atoms with Crippen LogP contribution in [0.3, 0.4) is 0 Å². The van der Waals surface area contributed by atoms with Gasteiger partial charge in [0, 0.05) is 51.5 Å². The van der Waals surface area contributed by atoms with Crippen LogP contribution in [0, 0.1) is 0 Å². The number of morpholine rings is 1. The average molecular weight is 300 g/mol. The van der Waals surface area contributed by atoms with E-state index < -0.39 is 0 Å². The second-order valence-electron chi connectivity index (χ2n) is 5.87. The van der Waals surface area contributed by atoms with E-state index in [-0.39, 0.29) is 6.10 Å². The molecule has 0 spiro atoms. The van der Waals surface area contributed by atoms with Crippen molar-refractivity contribution in [1.82, 2.24) is 24.4 Å². The van der Waals surface area contributed by atoms with Crippen molar-refractivity contribution in [3.8, 4) is 0 Å². The Morgan fingerprint density at radius 2 is 2.05 bits per heavy atom. The SMILES string of the molecule is Cn1ccnc1CN1C[C@@H]2OCCN(c3ncccn3)[C@@H]2C1. The lowest BCUT2D eigenvalue weighted by molar-refractivity contribution is 0.0299. The van der Waals surface area contributed by atoms with Crippen LogP contribution in [0.25, 0.3) is 0 Å². The third kappa shape index (κ3) is 2.46. The van der Waals surface area contributed by atoms with E-state index >= 15 is 0 Å². The minimum Gasteiger partial charge on any atom is -0.373 e. The molecule has 0 aromatic carbocycles. The average Bonchev–Trinajstić information content (AvgIpc) is 3.14. The summed E-state index contributed by atoms with van der Waals surface area (Å²) in [6, 6.07) is 2.17. The highest BCUT2D eigenvalue weighted by Crippen LogP contribution is 2.26. The van der Waals surface area contributed by atoms with Gasteiger partial charge in [-0.15, -0.1) is 0 Å². The van der Waals surface area contributed by atoms with E-state index in [1.165, 1.54) is 0 Å². The number of aromatic nitrogens is 4. The Hall–Kier alpha value is -1.99. The number of likely N-dealkylation sites (tertiary alicyclic amines) is 1. The zero-order valence-electron chi connectivity index (χ0n) is 12.7. The van der Waals surface area contributed by atoms with Crippen molar-refractivity contribution in [3.05, 3.63) is 36.7 Å². The molecule has 22 heavy (non-hydrogen) atoms. The summed E-state index contributed by atoms with van der Waals surface area (Å²) in [5.74, 6) is 1.89. The van der Waals surface area contributed by atoms with Crippen LogP contribution in [-0.2, 0) is 18.3 Å². The molecule has 0 amide bonds. The molecule has 116 valence electrons. The first-order chi connectivity index (χ1) is 10.8. The molecule has 2 aliphatic heterocycles. The molecule has 2 saturated heterocycles. The second kappa shape index (κ2) is 5.66. The lowest BCUT2D eigenvalue weighted by Gasteiger charge is -2.36. The van der Waals surface area contributed by atoms with Gasteiger partial charge in [-0.1, -0.05) is 0 Å². The maximum absolute atomic E-state index is 5.97. The molecule has 4 rings (SSSR count). The monoisotopic (exact) mass is 300 g/mol. The largest absolute Gasteiger partial charge is 0.373 e. The standard InChI is InChI=1S/C15H20N6O/c1-19-6-5-16-14(19)11-20-9-12-13(10-20)22-8-7-21(12)15-17-3-2-4-18-15/h2-6,12-13H,7-11H2,1H3/t12-,13+/m1/s1. The van der Waals surface area contributed by atoms with Gasteiger partial charge in [0.05, 0.1) is 25.3 Å². The highest BCUT2D eigenvalue weighted by atomic mass is 16.5. The zero-order valence-corrected chi connectivity index (χ0v) is 12.7. The molecule has 2 atom stereocenters. The van der Waals surface area contributed by atoms with Crippen LogP contribution in [0.4, 0.5) is 5.95 Å². The Morgan fingerprint density at radius 1 is 1.18 bits per heavy atom. The summed E-state index contributed by atoms with van der Waals surface area (Å²) >= 11 is 0. The molecule has 7 nitrogen and oxygen atoms in total. The predicted molar refractivity (Wildman–Crippen MR) is 81.4 cm³/mol. The molecule has 4 heterocycles. The van der Waals surface area contributed by atoms with Gasteiger partial charge in [0.1, 0.15) is 5.82 Å². The quantitative estimate of drug-likeness (QED) is 0.812. The Kier molecular flexibility index (Phi) is 3.51. The van der Waals surface area contributed by atoms with Gasteiger partial charge in [0.2, 0.25) is 5.95 Å². The number of hydrogen-bond acceptors (Lipinski definition) is 6. The summed E-state index contributed by atoms with van der Waals surface area (Å²) < 4.78 is 8.04. The molecule has 0 radical (unpaired) electrons. The highest BCUT2D eigenvalue weighted by molar-refractivity contribution is 5.33. The summed E-state index contributed by atoms with van der Waals surface area (Å²) in [5, 5.41) is 0. The molecule has 7 heteroatoms. The van der Waals surface area contributed by atoms with Crippen LogP contribution in [0.1, 0.15) is 5.82 Å². The third-order valence-electron chi connectivity index (χ3n) is 4.47. The predicted octanol–water partition coefficient (Wildman–Crippen LogP) is 0.300. The number of rotatable bonds is 3. The van der Waals surface area contributed by atoms with Crippen molar-refractivity contribution in [2.45, 2.75) is 18.7 Å². The maximum Gasteiger partial charge on any atom is 0.225 e. The zero-order chi connectivity index (χ0) is 14.9. The molecule has 2 fully saturated rings. The fraction of sp³-hybridized carbons (Fsp3) is 0.533. The van der Waals surface area contributed by atoms with Crippen molar-refractivity contribution in [2.24, 2.45) is 7.05 Å². The molecule has 2 aliphatic rings. The number of ether oxygens (including phenoxy) is 1. The molecule has 2 aromatic heterocycles. The van der Waals surface area contributed by atoms with Gasteiger partial charge in [-0.2, -0.15) is 0 Å². The molecule has 0 N–H and O–H groups in total. The fourth-order valence-corrected chi connectivity index (χ4v) is 3.33. The number of imidazole rings is 1. The van der Waals surface area contributed by atoms with Crippen LogP contribution < -0.4 is 4.90 Å². The van der Waals surface area contributed by atoms with Gasteiger partial charge in [0.15, 0.2) is 0 Å². The van der Waals surface area contributed by atoms with Gasteiger partial charge in [-0.3, -0.25) is 4.90 Å². The number of aryl methyl sites for hydroxylation is 1. The Balaban J connectivity index is 1.50. The molecular weight excluding hydrogens is 280 g/mol. The number of hydrogen-bond donors (Lipinski definition) is 0. The van der Waals surface area contributed by atoms with Crippen LogP contribution in [0.2, 0.25) is 0 Å². The van der Waals surface area contributed by atoms with E-state index in [9.17, 15) is 0 Å². The van der Waals surface area contributed by atoms with Crippen LogP contribution in [0.15, 0.2) is 30.9 Å². The molecular formula is C15H20N6O. The number of anilines is 1. The Morgan fingerprint density at radius 3 is 2.82 bits per heavy atom. The third-order valence-corrected chi connectivity index (χ3v) is 4.47. The first-order valence-electron chi connectivity index (χ1n) is 7.65. The highest BCUT2D eigenvalue weighted by Gasteiger charge is 2.41. The van der Waals surface area contributed by atoms with E-state index in [2.05, 4.69) is 29.3 Å². The fourth-order valence-electron chi connectivity index (χ4n) is 3.33. The lowest BCUT2D eigenvalue weighted by atomic mass is 10.1. The molecule has 0 aliphatic carbocycles.